The highest BCUT2D eigenvalue weighted by Crippen LogP contribution is 2.25. The number of nitrogens with zero attached hydrogens (tertiary/aromatic N) is 1. The van der Waals surface area contributed by atoms with Crippen LogP contribution in [0.5, 0.6) is 0 Å². The second-order valence-corrected chi connectivity index (χ2v) is 5.25. The van der Waals surface area contributed by atoms with Gasteiger partial charge in [0.05, 0.1) is 4.92 Å². The van der Waals surface area contributed by atoms with Gasteiger partial charge in [-0.05, 0) is 40.9 Å². The highest BCUT2D eigenvalue weighted by molar-refractivity contribution is 7.08. The van der Waals surface area contributed by atoms with Crippen molar-refractivity contribution in [3.63, 3.8) is 0 Å². The number of hydrogen-bond donors (Lipinski definition) is 2. The Labute approximate surface area is 126 Å². The number of rotatable bonds is 5. The molecule has 0 aliphatic heterocycles. The maximum absolute atomic E-state index is 12.1. The third kappa shape index (κ3) is 3.38. The number of carbonyl (C=O) groups excluding carboxylic acids is 1. The molecular weight excluding hydrogens is 290 g/mol. The van der Waals surface area contributed by atoms with Crippen LogP contribution in [0.1, 0.15) is 21.5 Å². The minimum absolute atomic E-state index is 0.0530. The van der Waals surface area contributed by atoms with E-state index in [0.29, 0.717) is 17.8 Å². The molecule has 1 aromatic carbocycles. The molecule has 0 aliphatic carbocycles. The van der Waals surface area contributed by atoms with E-state index in [1.165, 1.54) is 18.2 Å². The Kier molecular flexibility index (Phi) is 4.54. The minimum Gasteiger partial charge on any atom is -0.383 e. The minimum atomic E-state index is -0.484. The van der Waals surface area contributed by atoms with Crippen molar-refractivity contribution >= 4 is 28.6 Å². The van der Waals surface area contributed by atoms with Crippen LogP contribution < -0.4 is 10.6 Å². The van der Waals surface area contributed by atoms with Gasteiger partial charge in [0.15, 0.2) is 0 Å². The van der Waals surface area contributed by atoms with Gasteiger partial charge in [-0.1, -0.05) is 0 Å². The van der Waals surface area contributed by atoms with E-state index in [-0.39, 0.29) is 11.6 Å². The molecule has 6 nitrogen and oxygen atoms in total. The monoisotopic (exact) mass is 305 g/mol. The van der Waals surface area contributed by atoms with E-state index in [0.717, 1.165) is 11.1 Å². The number of nitro groups is 1. The lowest BCUT2D eigenvalue weighted by molar-refractivity contribution is -0.383. The lowest BCUT2D eigenvalue weighted by Crippen LogP contribution is -2.23. The van der Waals surface area contributed by atoms with Crippen molar-refractivity contribution in [2.75, 3.05) is 12.4 Å². The Morgan fingerprint density at radius 3 is 2.71 bits per heavy atom. The molecule has 0 aliphatic rings. The fourth-order valence-corrected chi connectivity index (χ4v) is 2.74. The molecule has 0 saturated heterocycles. The van der Waals surface area contributed by atoms with Gasteiger partial charge in [0.2, 0.25) is 0 Å². The molecule has 2 rings (SSSR count). The zero-order valence-electron chi connectivity index (χ0n) is 11.7. The molecule has 1 aromatic heterocycles. The van der Waals surface area contributed by atoms with Crippen LogP contribution >= 0.6 is 11.3 Å². The molecule has 2 aromatic rings. The molecule has 7 heteroatoms. The second kappa shape index (κ2) is 6.36. The van der Waals surface area contributed by atoms with Gasteiger partial charge in [-0.25, -0.2) is 0 Å². The summed E-state index contributed by atoms with van der Waals surface area (Å²) in [6.07, 6.45) is 0. The van der Waals surface area contributed by atoms with Gasteiger partial charge in [-0.15, -0.1) is 0 Å². The number of anilines is 1. The Morgan fingerprint density at radius 2 is 2.14 bits per heavy atom. The topological polar surface area (TPSA) is 84.3 Å². The van der Waals surface area contributed by atoms with E-state index < -0.39 is 4.92 Å². The largest absolute Gasteiger partial charge is 0.383 e. The van der Waals surface area contributed by atoms with Gasteiger partial charge >= 0.3 is 0 Å². The van der Waals surface area contributed by atoms with Crippen LogP contribution in [-0.4, -0.2) is 17.9 Å². The van der Waals surface area contributed by atoms with Crippen molar-refractivity contribution in [2.45, 2.75) is 13.5 Å². The van der Waals surface area contributed by atoms with Gasteiger partial charge in [-0.2, -0.15) is 11.3 Å². The Hall–Kier alpha value is -2.41. The fourth-order valence-electron chi connectivity index (χ4n) is 1.88. The molecule has 1 heterocycles. The van der Waals surface area contributed by atoms with E-state index in [4.69, 9.17) is 0 Å². The van der Waals surface area contributed by atoms with E-state index in [2.05, 4.69) is 10.6 Å². The van der Waals surface area contributed by atoms with Crippen LogP contribution in [0.2, 0.25) is 0 Å². The number of thiophene rings is 1. The number of nitro benzene ring substituents is 1. The van der Waals surface area contributed by atoms with Crippen LogP contribution in [0.15, 0.2) is 29.0 Å². The van der Waals surface area contributed by atoms with Crippen molar-refractivity contribution in [3.8, 4) is 0 Å². The first-order valence-corrected chi connectivity index (χ1v) is 7.23. The first-order chi connectivity index (χ1) is 10.0. The molecule has 21 heavy (non-hydrogen) atoms. The van der Waals surface area contributed by atoms with Crippen molar-refractivity contribution in [2.24, 2.45) is 0 Å². The Bertz CT molecular complexity index is 682. The fraction of sp³-hybridized carbons (Fsp3) is 0.214. The average Bonchev–Trinajstić information content (AvgIpc) is 2.89. The van der Waals surface area contributed by atoms with E-state index in [1.54, 1.807) is 18.4 Å². The van der Waals surface area contributed by atoms with Crippen LogP contribution in [0, 0.1) is 17.0 Å². The van der Waals surface area contributed by atoms with Crippen molar-refractivity contribution in [3.05, 3.63) is 55.8 Å². The predicted molar refractivity (Wildman–Crippen MR) is 82.9 cm³/mol. The second-order valence-electron chi connectivity index (χ2n) is 4.50. The summed E-state index contributed by atoms with van der Waals surface area (Å²) in [6.45, 7) is 2.43. The zero-order valence-corrected chi connectivity index (χ0v) is 12.5. The lowest BCUT2D eigenvalue weighted by atomic mass is 10.1. The van der Waals surface area contributed by atoms with E-state index in [9.17, 15) is 14.9 Å². The third-order valence-corrected chi connectivity index (χ3v) is 4.04. The summed E-state index contributed by atoms with van der Waals surface area (Å²) < 4.78 is 0. The molecule has 0 spiro atoms. The molecular formula is C14H15N3O3S. The zero-order chi connectivity index (χ0) is 15.4. The van der Waals surface area contributed by atoms with Crippen LogP contribution in [-0.2, 0) is 6.54 Å². The summed E-state index contributed by atoms with van der Waals surface area (Å²) in [4.78, 5) is 22.5. The lowest BCUT2D eigenvalue weighted by Gasteiger charge is -2.07. The van der Waals surface area contributed by atoms with Crippen LogP contribution in [0.25, 0.3) is 0 Å². The molecule has 110 valence electrons. The molecule has 0 saturated carbocycles. The third-order valence-electron chi connectivity index (χ3n) is 3.13. The summed E-state index contributed by atoms with van der Waals surface area (Å²) in [6, 6.07) is 4.26. The van der Waals surface area contributed by atoms with Gasteiger partial charge in [0.1, 0.15) is 5.69 Å². The standard InChI is InChI=1S/C14H15N3O3S/c1-9-7-21-8-11(9)6-16-14(18)10-3-4-13(17(19)20)12(5-10)15-2/h3-5,7-8,15H,6H2,1-2H3,(H,16,18). The van der Waals surface area contributed by atoms with E-state index >= 15 is 0 Å². The normalized spacial score (nSPS) is 10.2. The maximum Gasteiger partial charge on any atom is 0.292 e. The van der Waals surface area contributed by atoms with Gasteiger partial charge < -0.3 is 10.6 Å². The van der Waals surface area contributed by atoms with Crippen molar-refractivity contribution < 1.29 is 9.72 Å². The summed E-state index contributed by atoms with van der Waals surface area (Å²) >= 11 is 1.59. The SMILES string of the molecule is CNc1cc(C(=O)NCc2cscc2C)ccc1[N+](=O)[O-]. The predicted octanol–water partition coefficient (Wildman–Crippen LogP) is 2.94. The molecule has 1 amide bonds. The summed E-state index contributed by atoms with van der Waals surface area (Å²) in [5, 5.41) is 20.4. The molecule has 0 unspecified atom stereocenters. The number of hydrogen-bond acceptors (Lipinski definition) is 5. The van der Waals surface area contributed by atoms with Crippen molar-refractivity contribution in [1.82, 2.24) is 5.32 Å². The summed E-state index contributed by atoms with van der Waals surface area (Å²) in [5.74, 6) is -0.257. The maximum atomic E-state index is 12.1. The molecule has 0 bridgehead atoms. The molecule has 0 fully saturated rings. The summed E-state index contributed by atoms with van der Waals surface area (Å²) in [7, 11) is 1.58. The van der Waals surface area contributed by atoms with Crippen LogP contribution in [0.4, 0.5) is 11.4 Å². The highest BCUT2D eigenvalue weighted by Gasteiger charge is 2.15. The first kappa shape index (κ1) is 15.0. The number of aryl methyl sites for hydroxylation is 1. The number of benzene rings is 1. The summed E-state index contributed by atoms with van der Waals surface area (Å²) in [5.41, 5.74) is 2.86. The molecule has 0 radical (unpaired) electrons. The van der Waals surface area contributed by atoms with E-state index in [1.807, 2.05) is 17.7 Å². The Balaban J connectivity index is 2.12. The number of nitrogens with one attached hydrogen (secondary N) is 2. The first-order valence-electron chi connectivity index (χ1n) is 6.29. The van der Waals surface area contributed by atoms with Gasteiger partial charge in [0, 0.05) is 25.2 Å². The smallest absolute Gasteiger partial charge is 0.292 e. The highest BCUT2D eigenvalue weighted by atomic mass is 32.1. The quantitative estimate of drug-likeness (QED) is 0.657. The Morgan fingerprint density at radius 1 is 1.38 bits per heavy atom. The number of amides is 1. The van der Waals surface area contributed by atoms with Crippen molar-refractivity contribution in [1.29, 1.82) is 0 Å². The average molecular weight is 305 g/mol. The molecule has 0 atom stereocenters. The number of carbonyl (C=O) groups is 1. The van der Waals surface area contributed by atoms with Crippen LogP contribution in [0.3, 0.4) is 0 Å². The van der Waals surface area contributed by atoms with Gasteiger partial charge in [-0.3, -0.25) is 14.9 Å². The van der Waals surface area contributed by atoms with Gasteiger partial charge in [0.25, 0.3) is 11.6 Å². The molecule has 2 N–H and O–H groups in total.